The molecule has 2 heterocycles. The predicted molar refractivity (Wildman–Crippen MR) is 62.9 cm³/mol. The largest absolute Gasteiger partial charge is 0.481 e. The SMILES string of the molecule is Cc1ccc(S(=O)(=O)N2C[C@@H](C(F)(F)F)[C@H](C(=O)O)C2)o1. The van der Waals surface area contributed by atoms with Crippen molar-refractivity contribution in [1.29, 1.82) is 0 Å². The quantitative estimate of drug-likeness (QED) is 0.908. The van der Waals surface area contributed by atoms with E-state index in [0.717, 1.165) is 6.07 Å². The molecule has 1 aliphatic heterocycles. The first-order valence-electron chi connectivity index (χ1n) is 5.89. The van der Waals surface area contributed by atoms with E-state index in [1.807, 2.05) is 0 Å². The smallest absolute Gasteiger partial charge is 0.393 e. The van der Waals surface area contributed by atoms with Gasteiger partial charge in [0.15, 0.2) is 0 Å². The second kappa shape index (κ2) is 5.02. The van der Waals surface area contributed by atoms with E-state index in [-0.39, 0.29) is 5.76 Å². The topological polar surface area (TPSA) is 87.8 Å². The van der Waals surface area contributed by atoms with Crippen molar-refractivity contribution < 1.29 is 35.9 Å². The number of carbonyl (C=O) groups is 1. The number of carboxylic acids is 1. The van der Waals surface area contributed by atoms with Crippen LogP contribution >= 0.6 is 0 Å². The van der Waals surface area contributed by atoms with Gasteiger partial charge in [-0.1, -0.05) is 0 Å². The maximum Gasteiger partial charge on any atom is 0.393 e. The number of nitrogens with zero attached hydrogens (tertiary/aromatic N) is 1. The van der Waals surface area contributed by atoms with Crippen molar-refractivity contribution in [3.63, 3.8) is 0 Å². The molecular weight excluding hydrogens is 315 g/mol. The van der Waals surface area contributed by atoms with Gasteiger partial charge in [0, 0.05) is 13.1 Å². The molecule has 2 atom stereocenters. The first kappa shape index (κ1) is 15.8. The van der Waals surface area contributed by atoms with Crippen LogP contribution in [0.1, 0.15) is 5.76 Å². The first-order valence-corrected chi connectivity index (χ1v) is 7.33. The summed E-state index contributed by atoms with van der Waals surface area (Å²) in [7, 11) is -4.27. The molecule has 2 rings (SSSR count). The van der Waals surface area contributed by atoms with Crippen LogP contribution in [-0.4, -0.2) is 43.1 Å². The van der Waals surface area contributed by atoms with E-state index in [1.54, 1.807) is 0 Å². The number of alkyl halides is 3. The number of aliphatic carboxylic acids is 1. The monoisotopic (exact) mass is 327 g/mol. The van der Waals surface area contributed by atoms with Gasteiger partial charge in [0.2, 0.25) is 5.09 Å². The Kier molecular flexibility index (Phi) is 3.79. The van der Waals surface area contributed by atoms with Crippen molar-refractivity contribution in [3.05, 3.63) is 17.9 Å². The van der Waals surface area contributed by atoms with E-state index in [1.165, 1.54) is 13.0 Å². The molecule has 1 aromatic rings. The van der Waals surface area contributed by atoms with Gasteiger partial charge in [-0.15, -0.1) is 0 Å². The molecular formula is C11H12F3NO5S. The highest BCUT2D eigenvalue weighted by molar-refractivity contribution is 7.89. The molecule has 10 heteroatoms. The van der Waals surface area contributed by atoms with Crippen LogP contribution in [0.25, 0.3) is 0 Å². The molecule has 1 fully saturated rings. The Morgan fingerprint density at radius 3 is 2.38 bits per heavy atom. The zero-order valence-corrected chi connectivity index (χ0v) is 11.6. The molecule has 0 radical (unpaired) electrons. The number of carboxylic acid groups (broad SMARTS) is 1. The predicted octanol–water partition coefficient (Wildman–Crippen LogP) is 1.47. The molecule has 0 aliphatic carbocycles. The zero-order chi connectivity index (χ0) is 16.0. The number of furan rings is 1. The van der Waals surface area contributed by atoms with Crippen LogP contribution in [-0.2, 0) is 14.8 Å². The van der Waals surface area contributed by atoms with E-state index in [0.29, 0.717) is 4.31 Å². The molecule has 118 valence electrons. The van der Waals surface area contributed by atoms with E-state index in [2.05, 4.69) is 0 Å². The molecule has 1 aromatic heterocycles. The number of rotatable bonds is 3. The molecule has 21 heavy (non-hydrogen) atoms. The number of sulfonamides is 1. The third kappa shape index (κ3) is 2.91. The molecule has 0 bridgehead atoms. The van der Waals surface area contributed by atoms with Crippen LogP contribution in [0.5, 0.6) is 0 Å². The summed E-state index contributed by atoms with van der Waals surface area (Å²) in [4.78, 5) is 10.9. The van der Waals surface area contributed by atoms with Crippen molar-refractivity contribution in [2.24, 2.45) is 11.8 Å². The van der Waals surface area contributed by atoms with Gasteiger partial charge in [-0.05, 0) is 19.1 Å². The third-order valence-electron chi connectivity index (χ3n) is 3.33. The maximum absolute atomic E-state index is 12.8. The van der Waals surface area contributed by atoms with Gasteiger partial charge in [-0.3, -0.25) is 4.79 Å². The minimum absolute atomic E-state index is 0.287. The minimum atomic E-state index is -4.79. The number of halogens is 3. The van der Waals surface area contributed by atoms with Gasteiger partial charge in [0.1, 0.15) is 5.76 Å². The summed E-state index contributed by atoms with van der Waals surface area (Å²) >= 11 is 0. The van der Waals surface area contributed by atoms with E-state index >= 15 is 0 Å². The standard InChI is InChI=1S/C11H12F3NO5S/c1-6-2-3-9(20-6)21(18,19)15-4-7(10(16)17)8(5-15)11(12,13)14/h2-3,7-8H,4-5H2,1H3,(H,16,17)/t7-,8-/m1/s1. The molecule has 6 nitrogen and oxygen atoms in total. The molecule has 0 amide bonds. The second-order valence-corrected chi connectivity index (χ2v) is 6.65. The summed E-state index contributed by atoms with van der Waals surface area (Å²) in [6, 6.07) is 2.49. The highest BCUT2D eigenvalue weighted by Crippen LogP contribution is 2.39. The summed E-state index contributed by atoms with van der Waals surface area (Å²) < 4.78 is 68.2. The lowest BCUT2D eigenvalue weighted by Crippen LogP contribution is -2.34. The molecule has 0 aromatic carbocycles. The van der Waals surface area contributed by atoms with Gasteiger partial charge in [0.25, 0.3) is 10.0 Å². The number of hydrogen-bond donors (Lipinski definition) is 1. The van der Waals surface area contributed by atoms with Gasteiger partial charge < -0.3 is 9.52 Å². The van der Waals surface area contributed by atoms with Gasteiger partial charge in [-0.25, -0.2) is 8.42 Å². The Bertz CT molecular complexity index is 651. The molecule has 1 N–H and O–H groups in total. The molecule has 0 saturated carbocycles. The summed E-state index contributed by atoms with van der Waals surface area (Å²) in [5, 5.41) is 8.37. The van der Waals surface area contributed by atoms with Crippen LogP contribution in [0.4, 0.5) is 13.2 Å². The van der Waals surface area contributed by atoms with Crippen molar-refractivity contribution in [2.75, 3.05) is 13.1 Å². The molecule has 0 unspecified atom stereocenters. The van der Waals surface area contributed by atoms with E-state index < -0.39 is 52.2 Å². The third-order valence-corrected chi connectivity index (χ3v) is 5.04. The van der Waals surface area contributed by atoms with Crippen molar-refractivity contribution in [2.45, 2.75) is 18.2 Å². The molecule has 1 aliphatic rings. The lowest BCUT2D eigenvalue weighted by atomic mass is 9.96. The highest BCUT2D eigenvalue weighted by Gasteiger charge is 2.55. The van der Waals surface area contributed by atoms with Crippen LogP contribution in [0.3, 0.4) is 0 Å². The lowest BCUT2D eigenvalue weighted by molar-refractivity contribution is -0.187. The van der Waals surface area contributed by atoms with Crippen LogP contribution in [0, 0.1) is 18.8 Å². The number of aryl methyl sites for hydroxylation is 1. The summed E-state index contributed by atoms with van der Waals surface area (Å²) in [5.74, 6) is -5.45. The van der Waals surface area contributed by atoms with E-state index in [4.69, 9.17) is 9.52 Å². The number of hydrogen-bond acceptors (Lipinski definition) is 4. The van der Waals surface area contributed by atoms with Gasteiger partial charge >= 0.3 is 12.1 Å². The van der Waals surface area contributed by atoms with Crippen molar-refractivity contribution in [1.82, 2.24) is 4.31 Å². The fourth-order valence-corrected chi connectivity index (χ4v) is 3.67. The Hall–Kier alpha value is -1.55. The Labute approximate surface area is 118 Å². The summed E-state index contributed by atoms with van der Waals surface area (Å²) in [6.07, 6.45) is -4.79. The second-order valence-electron chi connectivity index (χ2n) is 4.78. The van der Waals surface area contributed by atoms with Crippen LogP contribution in [0.2, 0.25) is 0 Å². The fourth-order valence-electron chi connectivity index (χ4n) is 2.22. The van der Waals surface area contributed by atoms with Crippen LogP contribution < -0.4 is 0 Å². The normalized spacial score (nSPS) is 24.4. The summed E-state index contributed by atoms with van der Waals surface area (Å²) in [5.41, 5.74) is 0. The maximum atomic E-state index is 12.8. The van der Waals surface area contributed by atoms with Crippen LogP contribution in [0.15, 0.2) is 21.6 Å². The van der Waals surface area contributed by atoms with Crippen molar-refractivity contribution >= 4 is 16.0 Å². The Morgan fingerprint density at radius 2 is 2.00 bits per heavy atom. The molecule has 1 saturated heterocycles. The van der Waals surface area contributed by atoms with Gasteiger partial charge in [-0.2, -0.15) is 17.5 Å². The fraction of sp³-hybridized carbons (Fsp3) is 0.545. The highest BCUT2D eigenvalue weighted by atomic mass is 32.2. The van der Waals surface area contributed by atoms with Gasteiger partial charge in [0.05, 0.1) is 11.8 Å². The average molecular weight is 327 g/mol. The minimum Gasteiger partial charge on any atom is -0.481 e. The average Bonchev–Trinajstić information content (AvgIpc) is 2.93. The first-order chi connectivity index (χ1) is 9.53. The Balaban J connectivity index is 2.33. The molecule has 0 spiro atoms. The van der Waals surface area contributed by atoms with Crippen molar-refractivity contribution in [3.8, 4) is 0 Å². The Morgan fingerprint density at radius 1 is 1.38 bits per heavy atom. The zero-order valence-electron chi connectivity index (χ0n) is 10.8. The van der Waals surface area contributed by atoms with E-state index in [9.17, 15) is 26.4 Å². The summed E-state index contributed by atoms with van der Waals surface area (Å²) in [6.45, 7) is -0.175. The lowest BCUT2D eigenvalue weighted by Gasteiger charge is -2.18.